The first-order valence-electron chi connectivity index (χ1n) is 7.01. The molecule has 0 fully saturated rings. The fourth-order valence-electron chi connectivity index (χ4n) is 1.61. The van der Waals surface area contributed by atoms with Crippen molar-refractivity contribution in [2.75, 3.05) is 13.9 Å². The molecule has 0 aliphatic rings. The number of ether oxygens (including phenoxy) is 3. The van der Waals surface area contributed by atoms with E-state index in [1.807, 2.05) is 6.92 Å². The zero-order chi connectivity index (χ0) is 16.4. The van der Waals surface area contributed by atoms with Crippen LogP contribution in [0.1, 0.15) is 40.5 Å². The molecule has 2 atom stereocenters. The van der Waals surface area contributed by atoms with Crippen LogP contribution < -0.4 is 5.32 Å². The van der Waals surface area contributed by atoms with Crippen molar-refractivity contribution in [1.29, 1.82) is 0 Å². The summed E-state index contributed by atoms with van der Waals surface area (Å²) >= 11 is 0. The van der Waals surface area contributed by atoms with E-state index in [0.29, 0.717) is 6.42 Å². The van der Waals surface area contributed by atoms with E-state index in [1.54, 1.807) is 20.8 Å². The predicted molar refractivity (Wildman–Crippen MR) is 75.3 cm³/mol. The Morgan fingerprint density at radius 1 is 1.05 bits per heavy atom. The van der Waals surface area contributed by atoms with Gasteiger partial charge in [0.05, 0.1) is 13.0 Å². The molecular weight excluding hydrogens is 278 g/mol. The number of nitrogens with one attached hydrogen (secondary N) is 1. The predicted octanol–water partition coefficient (Wildman–Crippen LogP) is 1.85. The molecular formula is C14H25NO6. The smallest absolute Gasteiger partial charge is 0.407 e. The number of esters is 2. The van der Waals surface area contributed by atoms with Crippen molar-refractivity contribution in [2.24, 2.45) is 11.8 Å². The molecule has 0 heterocycles. The van der Waals surface area contributed by atoms with E-state index in [0.717, 1.165) is 6.42 Å². The van der Waals surface area contributed by atoms with E-state index >= 15 is 0 Å². The molecule has 0 spiro atoms. The zero-order valence-electron chi connectivity index (χ0n) is 13.3. The van der Waals surface area contributed by atoms with Gasteiger partial charge in [0.2, 0.25) is 6.79 Å². The highest BCUT2D eigenvalue weighted by atomic mass is 16.7. The molecule has 1 unspecified atom stereocenters. The number of amides is 1. The quantitative estimate of drug-likeness (QED) is 0.543. The van der Waals surface area contributed by atoms with Crippen molar-refractivity contribution in [3.63, 3.8) is 0 Å². The maximum atomic E-state index is 11.8. The Hall–Kier alpha value is -1.79. The van der Waals surface area contributed by atoms with Crippen molar-refractivity contribution in [3.05, 3.63) is 0 Å². The lowest BCUT2D eigenvalue weighted by Crippen LogP contribution is -2.45. The lowest BCUT2D eigenvalue weighted by molar-refractivity contribution is -0.171. The Bertz CT molecular complexity index is 355. The summed E-state index contributed by atoms with van der Waals surface area (Å²) in [6.07, 6.45) is 0.860. The topological polar surface area (TPSA) is 90.9 Å². The average molecular weight is 303 g/mol. The van der Waals surface area contributed by atoms with E-state index < -0.39 is 30.9 Å². The maximum absolute atomic E-state index is 11.8. The largest absolute Gasteiger partial charge is 0.453 e. The number of hydrogen-bond acceptors (Lipinski definition) is 6. The Kier molecular flexibility index (Phi) is 9.16. The first-order chi connectivity index (χ1) is 9.83. The molecule has 0 aromatic heterocycles. The molecule has 0 saturated heterocycles. The number of methoxy groups -OCH3 is 1. The summed E-state index contributed by atoms with van der Waals surface area (Å²) in [6.45, 7) is 6.76. The van der Waals surface area contributed by atoms with Gasteiger partial charge in [-0.25, -0.2) is 9.59 Å². The lowest BCUT2D eigenvalue weighted by atomic mass is 10.1. The molecule has 122 valence electrons. The van der Waals surface area contributed by atoms with E-state index in [-0.39, 0.29) is 11.8 Å². The van der Waals surface area contributed by atoms with Crippen LogP contribution in [0.5, 0.6) is 0 Å². The summed E-state index contributed by atoms with van der Waals surface area (Å²) in [5.41, 5.74) is 0. The van der Waals surface area contributed by atoms with E-state index in [1.165, 1.54) is 7.11 Å². The molecule has 0 aromatic carbocycles. The van der Waals surface area contributed by atoms with Crippen LogP contribution in [0.15, 0.2) is 0 Å². The Labute approximate surface area is 125 Å². The summed E-state index contributed by atoms with van der Waals surface area (Å²) in [4.78, 5) is 34.5. The SMILES string of the molecule is CCCC(C)C(=O)OCOC(=O)[C@@H](NC(=O)OC)C(C)C. The fraction of sp³-hybridized carbons (Fsp3) is 0.786. The van der Waals surface area contributed by atoms with E-state index in [4.69, 9.17) is 9.47 Å². The molecule has 0 radical (unpaired) electrons. The monoisotopic (exact) mass is 303 g/mol. The van der Waals surface area contributed by atoms with Gasteiger partial charge in [-0.05, 0) is 12.3 Å². The average Bonchev–Trinajstić information content (AvgIpc) is 2.43. The minimum absolute atomic E-state index is 0.189. The number of carbonyl (C=O) groups is 3. The third kappa shape index (κ3) is 7.53. The zero-order valence-corrected chi connectivity index (χ0v) is 13.3. The van der Waals surface area contributed by atoms with Gasteiger partial charge in [0, 0.05) is 0 Å². The van der Waals surface area contributed by atoms with Gasteiger partial charge in [-0.1, -0.05) is 34.1 Å². The summed E-state index contributed by atoms with van der Waals surface area (Å²) in [6, 6.07) is -0.857. The van der Waals surface area contributed by atoms with Gasteiger partial charge in [0.15, 0.2) is 0 Å². The van der Waals surface area contributed by atoms with Crippen LogP contribution in [-0.4, -0.2) is 38.0 Å². The van der Waals surface area contributed by atoms with Crippen LogP contribution >= 0.6 is 0 Å². The molecule has 0 saturated carbocycles. The second-order valence-corrected chi connectivity index (χ2v) is 5.09. The third-order valence-corrected chi connectivity index (χ3v) is 2.91. The maximum Gasteiger partial charge on any atom is 0.407 e. The van der Waals surface area contributed by atoms with Gasteiger partial charge in [0.25, 0.3) is 0 Å². The number of hydrogen-bond donors (Lipinski definition) is 1. The first-order valence-corrected chi connectivity index (χ1v) is 7.01. The normalized spacial score (nSPS) is 13.2. The number of alkyl carbamates (subject to hydrolysis) is 1. The molecule has 0 rings (SSSR count). The Morgan fingerprint density at radius 3 is 2.10 bits per heavy atom. The van der Waals surface area contributed by atoms with Crippen molar-refractivity contribution >= 4 is 18.0 Å². The molecule has 0 aliphatic heterocycles. The minimum Gasteiger partial charge on any atom is -0.453 e. The van der Waals surface area contributed by atoms with Gasteiger partial charge in [-0.15, -0.1) is 0 Å². The highest BCUT2D eigenvalue weighted by Gasteiger charge is 2.26. The molecule has 7 nitrogen and oxygen atoms in total. The van der Waals surface area contributed by atoms with Crippen LogP contribution in [-0.2, 0) is 23.8 Å². The van der Waals surface area contributed by atoms with Gasteiger partial charge < -0.3 is 19.5 Å². The van der Waals surface area contributed by atoms with Gasteiger partial charge in [0.1, 0.15) is 6.04 Å². The van der Waals surface area contributed by atoms with Crippen molar-refractivity contribution in [3.8, 4) is 0 Å². The standard InChI is InChI=1S/C14H25NO6/c1-6-7-10(4)12(16)20-8-21-13(17)11(9(2)3)15-14(18)19-5/h9-11H,6-8H2,1-5H3,(H,15,18)/t10?,11-/m0/s1. The molecule has 21 heavy (non-hydrogen) atoms. The molecule has 7 heteroatoms. The van der Waals surface area contributed by atoms with Crippen LogP contribution in [0.4, 0.5) is 4.79 Å². The third-order valence-electron chi connectivity index (χ3n) is 2.91. The van der Waals surface area contributed by atoms with Crippen LogP contribution in [0.3, 0.4) is 0 Å². The molecule has 1 N–H and O–H groups in total. The van der Waals surface area contributed by atoms with Crippen molar-refractivity contribution in [2.45, 2.75) is 46.6 Å². The van der Waals surface area contributed by atoms with E-state index in [2.05, 4.69) is 10.1 Å². The Balaban J connectivity index is 4.26. The summed E-state index contributed by atoms with van der Waals surface area (Å²) in [5.74, 6) is -1.51. The number of rotatable bonds is 8. The summed E-state index contributed by atoms with van der Waals surface area (Å²) in [7, 11) is 1.20. The van der Waals surface area contributed by atoms with Crippen molar-refractivity contribution in [1.82, 2.24) is 5.32 Å². The van der Waals surface area contributed by atoms with E-state index in [9.17, 15) is 14.4 Å². The highest BCUT2D eigenvalue weighted by molar-refractivity contribution is 5.81. The molecule has 0 bridgehead atoms. The van der Waals surface area contributed by atoms with Gasteiger partial charge in [-0.2, -0.15) is 0 Å². The fourth-order valence-corrected chi connectivity index (χ4v) is 1.61. The second kappa shape index (κ2) is 10.0. The highest BCUT2D eigenvalue weighted by Crippen LogP contribution is 2.08. The first kappa shape index (κ1) is 19.2. The second-order valence-electron chi connectivity index (χ2n) is 5.09. The molecule has 0 aliphatic carbocycles. The van der Waals surface area contributed by atoms with Crippen molar-refractivity contribution < 1.29 is 28.6 Å². The van der Waals surface area contributed by atoms with Crippen LogP contribution in [0.2, 0.25) is 0 Å². The van der Waals surface area contributed by atoms with Crippen LogP contribution in [0, 0.1) is 11.8 Å². The Morgan fingerprint density at radius 2 is 1.62 bits per heavy atom. The molecule has 0 aromatic rings. The van der Waals surface area contributed by atoms with Gasteiger partial charge >= 0.3 is 18.0 Å². The summed E-state index contributed by atoms with van der Waals surface area (Å²) < 4.78 is 14.2. The summed E-state index contributed by atoms with van der Waals surface area (Å²) in [5, 5.41) is 2.37. The number of carbonyl (C=O) groups excluding carboxylic acids is 3. The molecule has 1 amide bonds. The van der Waals surface area contributed by atoms with Crippen LogP contribution in [0.25, 0.3) is 0 Å². The minimum atomic E-state index is -0.857. The van der Waals surface area contributed by atoms with Gasteiger partial charge in [-0.3, -0.25) is 4.79 Å². The lowest BCUT2D eigenvalue weighted by Gasteiger charge is -2.20.